The SMILES string of the molecule is CCCC(O)(CCC)CNC(=NCc1cccc(N(C)C)n1)NCC. The standard InChI is InChI=1S/C19H35N5O/c1-6-12-19(25,13-7-2)15-22-18(20-8-3)21-14-16-10-9-11-17(23-16)24(4)5/h9-11,25H,6-8,12-15H2,1-5H3,(H2,20,21,22). The fourth-order valence-corrected chi connectivity index (χ4v) is 2.79. The van der Waals surface area contributed by atoms with E-state index in [4.69, 9.17) is 0 Å². The Labute approximate surface area is 152 Å². The molecular weight excluding hydrogens is 314 g/mol. The first-order valence-corrected chi connectivity index (χ1v) is 9.32. The van der Waals surface area contributed by atoms with Gasteiger partial charge in [0, 0.05) is 27.2 Å². The average molecular weight is 350 g/mol. The van der Waals surface area contributed by atoms with Crippen molar-refractivity contribution < 1.29 is 5.11 Å². The molecule has 0 bridgehead atoms. The van der Waals surface area contributed by atoms with Crippen molar-refractivity contribution in [1.29, 1.82) is 0 Å². The smallest absolute Gasteiger partial charge is 0.191 e. The van der Waals surface area contributed by atoms with Crippen molar-refractivity contribution in [3.05, 3.63) is 23.9 Å². The number of nitrogens with zero attached hydrogens (tertiary/aromatic N) is 3. The number of aromatic nitrogens is 1. The zero-order valence-corrected chi connectivity index (χ0v) is 16.5. The molecule has 25 heavy (non-hydrogen) atoms. The molecule has 0 unspecified atom stereocenters. The fraction of sp³-hybridized carbons (Fsp3) is 0.684. The maximum absolute atomic E-state index is 10.7. The van der Waals surface area contributed by atoms with E-state index in [9.17, 15) is 5.11 Å². The largest absolute Gasteiger partial charge is 0.388 e. The third-order valence-electron chi connectivity index (χ3n) is 4.01. The van der Waals surface area contributed by atoms with Gasteiger partial charge in [0.2, 0.25) is 0 Å². The summed E-state index contributed by atoms with van der Waals surface area (Å²) in [6.45, 7) is 8.01. The number of aliphatic hydroxyl groups is 1. The number of nitrogens with one attached hydrogen (secondary N) is 2. The average Bonchev–Trinajstić information content (AvgIpc) is 2.58. The van der Waals surface area contributed by atoms with Crippen LogP contribution in [0.5, 0.6) is 0 Å². The fourth-order valence-electron chi connectivity index (χ4n) is 2.79. The van der Waals surface area contributed by atoms with Crippen molar-refractivity contribution >= 4 is 11.8 Å². The molecule has 142 valence electrons. The molecule has 6 heteroatoms. The van der Waals surface area contributed by atoms with E-state index in [2.05, 4.69) is 34.5 Å². The van der Waals surface area contributed by atoms with Crippen LogP contribution in [-0.4, -0.2) is 48.8 Å². The summed E-state index contributed by atoms with van der Waals surface area (Å²) in [7, 11) is 3.95. The zero-order valence-electron chi connectivity index (χ0n) is 16.5. The first-order chi connectivity index (χ1) is 11.9. The Morgan fingerprint density at radius 3 is 2.40 bits per heavy atom. The second-order valence-electron chi connectivity index (χ2n) is 6.65. The van der Waals surface area contributed by atoms with Crippen molar-refractivity contribution in [2.45, 2.75) is 58.6 Å². The molecule has 0 aromatic carbocycles. The van der Waals surface area contributed by atoms with Crippen LogP contribution in [0.1, 0.15) is 52.1 Å². The molecule has 1 aromatic rings. The molecule has 6 nitrogen and oxygen atoms in total. The molecule has 0 aliphatic carbocycles. The minimum atomic E-state index is -0.678. The second-order valence-corrected chi connectivity index (χ2v) is 6.65. The lowest BCUT2D eigenvalue weighted by Gasteiger charge is -2.28. The number of guanidine groups is 1. The summed E-state index contributed by atoms with van der Waals surface area (Å²) in [5.41, 5.74) is 0.240. The van der Waals surface area contributed by atoms with Gasteiger partial charge in [-0.25, -0.2) is 9.98 Å². The van der Waals surface area contributed by atoms with Crippen LogP contribution in [0, 0.1) is 0 Å². The molecule has 0 aliphatic heterocycles. The Morgan fingerprint density at radius 2 is 1.84 bits per heavy atom. The summed E-state index contributed by atoms with van der Waals surface area (Å²) in [4.78, 5) is 11.2. The van der Waals surface area contributed by atoms with Crippen LogP contribution in [0.2, 0.25) is 0 Å². The number of hydrogen-bond acceptors (Lipinski definition) is 4. The van der Waals surface area contributed by atoms with E-state index in [0.717, 1.165) is 43.7 Å². The first-order valence-electron chi connectivity index (χ1n) is 9.32. The number of rotatable bonds is 10. The van der Waals surface area contributed by atoms with Crippen LogP contribution >= 0.6 is 0 Å². The topological polar surface area (TPSA) is 72.8 Å². The van der Waals surface area contributed by atoms with Gasteiger partial charge in [0.25, 0.3) is 0 Å². The van der Waals surface area contributed by atoms with Crippen molar-refractivity contribution in [3.63, 3.8) is 0 Å². The summed E-state index contributed by atoms with van der Waals surface area (Å²) in [5.74, 6) is 1.64. The third-order valence-corrected chi connectivity index (χ3v) is 4.01. The Hall–Kier alpha value is -1.82. The highest BCUT2D eigenvalue weighted by atomic mass is 16.3. The molecular formula is C19H35N5O. The van der Waals surface area contributed by atoms with Gasteiger partial charge in [-0.3, -0.25) is 0 Å². The molecule has 0 saturated carbocycles. The van der Waals surface area contributed by atoms with Gasteiger partial charge in [0.1, 0.15) is 5.82 Å². The van der Waals surface area contributed by atoms with Gasteiger partial charge in [0.05, 0.1) is 17.8 Å². The minimum absolute atomic E-state index is 0.497. The van der Waals surface area contributed by atoms with Crippen LogP contribution in [0.4, 0.5) is 5.82 Å². The Bertz CT molecular complexity index is 524. The minimum Gasteiger partial charge on any atom is -0.388 e. The monoisotopic (exact) mass is 349 g/mol. The molecule has 0 spiro atoms. The summed E-state index contributed by atoms with van der Waals surface area (Å²) >= 11 is 0. The molecule has 0 amide bonds. The molecule has 1 rings (SSSR count). The number of pyridine rings is 1. The lowest BCUT2D eigenvalue weighted by Crippen LogP contribution is -2.47. The molecule has 0 atom stereocenters. The van der Waals surface area contributed by atoms with Gasteiger partial charge in [-0.15, -0.1) is 0 Å². The molecule has 3 N–H and O–H groups in total. The van der Waals surface area contributed by atoms with E-state index in [1.807, 2.05) is 44.1 Å². The van der Waals surface area contributed by atoms with Crippen LogP contribution < -0.4 is 15.5 Å². The molecule has 0 fully saturated rings. The van der Waals surface area contributed by atoms with Crippen LogP contribution in [0.15, 0.2) is 23.2 Å². The second kappa shape index (κ2) is 10.9. The van der Waals surface area contributed by atoms with E-state index in [0.29, 0.717) is 19.0 Å². The predicted molar refractivity (Wildman–Crippen MR) is 106 cm³/mol. The van der Waals surface area contributed by atoms with E-state index in [1.165, 1.54) is 0 Å². The number of hydrogen-bond donors (Lipinski definition) is 3. The van der Waals surface area contributed by atoms with Gasteiger partial charge in [-0.05, 0) is 31.9 Å². The Kier molecular flexibility index (Phi) is 9.27. The highest BCUT2D eigenvalue weighted by molar-refractivity contribution is 5.79. The zero-order chi connectivity index (χ0) is 18.7. The van der Waals surface area contributed by atoms with Gasteiger partial charge in [0.15, 0.2) is 5.96 Å². The Morgan fingerprint density at radius 1 is 1.16 bits per heavy atom. The van der Waals surface area contributed by atoms with Gasteiger partial charge in [-0.2, -0.15) is 0 Å². The summed E-state index contributed by atoms with van der Waals surface area (Å²) in [6.07, 6.45) is 3.51. The van der Waals surface area contributed by atoms with Crippen LogP contribution in [0.25, 0.3) is 0 Å². The first kappa shape index (κ1) is 21.2. The number of anilines is 1. The van der Waals surface area contributed by atoms with Crippen LogP contribution in [-0.2, 0) is 6.54 Å². The van der Waals surface area contributed by atoms with Crippen molar-refractivity contribution in [2.75, 3.05) is 32.1 Å². The number of aliphatic imine (C=N–C) groups is 1. The summed E-state index contributed by atoms with van der Waals surface area (Å²) in [6, 6.07) is 5.95. The maximum atomic E-state index is 10.7. The van der Waals surface area contributed by atoms with Gasteiger partial charge in [-0.1, -0.05) is 32.8 Å². The lowest BCUT2D eigenvalue weighted by molar-refractivity contribution is 0.0257. The van der Waals surface area contributed by atoms with Crippen molar-refractivity contribution in [1.82, 2.24) is 15.6 Å². The lowest BCUT2D eigenvalue weighted by atomic mass is 9.93. The van der Waals surface area contributed by atoms with Gasteiger partial charge >= 0.3 is 0 Å². The maximum Gasteiger partial charge on any atom is 0.191 e. The van der Waals surface area contributed by atoms with E-state index < -0.39 is 5.60 Å². The normalized spacial score (nSPS) is 12.2. The predicted octanol–water partition coefficient (Wildman–Crippen LogP) is 2.53. The van der Waals surface area contributed by atoms with Crippen molar-refractivity contribution in [3.8, 4) is 0 Å². The van der Waals surface area contributed by atoms with Crippen LogP contribution in [0.3, 0.4) is 0 Å². The highest BCUT2D eigenvalue weighted by Gasteiger charge is 2.24. The summed E-state index contributed by atoms with van der Waals surface area (Å²) in [5, 5.41) is 17.3. The van der Waals surface area contributed by atoms with Gasteiger partial charge < -0.3 is 20.6 Å². The van der Waals surface area contributed by atoms with Crippen molar-refractivity contribution in [2.24, 2.45) is 4.99 Å². The molecule has 1 heterocycles. The van der Waals surface area contributed by atoms with E-state index in [-0.39, 0.29) is 0 Å². The Balaban J connectivity index is 2.74. The van der Waals surface area contributed by atoms with E-state index >= 15 is 0 Å². The van der Waals surface area contributed by atoms with E-state index in [1.54, 1.807) is 0 Å². The molecule has 1 aromatic heterocycles. The third kappa shape index (κ3) is 7.73. The molecule has 0 saturated heterocycles. The molecule has 0 aliphatic rings. The quantitative estimate of drug-likeness (QED) is 0.447. The molecule has 0 radical (unpaired) electrons. The summed E-state index contributed by atoms with van der Waals surface area (Å²) < 4.78 is 0. The highest BCUT2D eigenvalue weighted by Crippen LogP contribution is 2.18.